The standard InChI is InChI=1S/C22H24N2O3/c1-27-19-9-5-3-7-17(19)14-23-21(25)20-18-8-4-2-6-15(18)12-13-24(20)22(26)16-10-11-16/h2-9,16,20H,10-14H2,1H3,(H,23,25)/t20-/m1/s1. The Labute approximate surface area is 159 Å². The summed E-state index contributed by atoms with van der Waals surface area (Å²) in [5, 5.41) is 3.02. The van der Waals surface area contributed by atoms with E-state index in [1.54, 1.807) is 12.0 Å². The van der Waals surface area contributed by atoms with Gasteiger partial charge >= 0.3 is 0 Å². The van der Waals surface area contributed by atoms with Crippen LogP contribution in [0.25, 0.3) is 0 Å². The maximum absolute atomic E-state index is 13.1. The number of hydrogen-bond acceptors (Lipinski definition) is 3. The molecular formula is C22H24N2O3. The molecule has 140 valence electrons. The Balaban J connectivity index is 1.57. The first-order chi connectivity index (χ1) is 13.2. The fourth-order valence-electron chi connectivity index (χ4n) is 3.78. The first-order valence-corrected chi connectivity index (χ1v) is 9.47. The molecule has 1 N–H and O–H groups in total. The van der Waals surface area contributed by atoms with E-state index in [1.807, 2.05) is 42.5 Å². The highest BCUT2D eigenvalue weighted by Crippen LogP contribution is 2.37. The van der Waals surface area contributed by atoms with Crippen molar-refractivity contribution in [3.8, 4) is 5.75 Å². The van der Waals surface area contributed by atoms with Gasteiger partial charge in [-0.15, -0.1) is 0 Å². The van der Waals surface area contributed by atoms with Crippen molar-refractivity contribution in [3.63, 3.8) is 0 Å². The van der Waals surface area contributed by atoms with Gasteiger partial charge in [0, 0.05) is 24.6 Å². The number of carbonyl (C=O) groups excluding carboxylic acids is 2. The van der Waals surface area contributed by atoms with Crippen LogP contribution < -0.4 is 10.1 Å². The summed E-state index contributed by atoms with van der Waals surface area (Å²) in [6.07, 6.45) is 2.67. The van der Waals surface area contributed by atoms with Crippen LogP contribution in [0.4, 0.5) is 0 Å². The number of rotatable bonds is 5. The van der Waals surface area contributed by atoms with Crippen LogP contribution in [0.3, 0.4) is 0 Å². The minimum Gasteiger partial charge on any atom is -0.496 e. The molecule has 1 atom stereocenters. The molecule has 1 aliphatic carbocycles. The van der Waals surface area contributed by atoms with E-state index in [4.69, 9.17) is 4.74 Å². The third-order valence-corrected chi connectivity index (χ3v) is 5.39. The van der Waals surface area contributed by atoms with Crippen molar-refractivity contribution in [3.05, 3.63) is 65.2 Å². The Morgan fingerprint density at radius 2 is 1.85 bits per heavy atom. The van der Waals surface area contributed by atoms with Crippen molar-refractivity contribution in [1.29, 1.82) is 0 Å². The molecule has 0 unspecified atom stereocenters. The number of hydrogen-bond donors (Lipinski definition) is 1. The first-order valence-electron chi connectivity index (χ1n) is 9.47. The topological polar surface area (TPSA) is 58.6 Å². The predicted octanol–water partition coefficient (Wildman–Crippen LogP) is 2.85. The van der Waals surface area contributed by atoms with Crippen molar-refractivity contribution in [1.82, 2.24) is 10.2 Å². The summed E-state index contributed by atoms with van der Waals surface area (Å²) in [5.41, 5.74) is 3.00. The summed E-state index contributed by atoms with van der Waals surface area (Å²) in [5.74, 6) is 0.816. The van der Waals surface area contributed by atoms with Gasteiger partial charge in [0.1, 0.15) is 11.8 Å². The minimum atomic E-state index is -0.558. The molecule has 2 aromatic carbocycles. The molecule has 5 nitrogen and oxygen atoms in total. The Kier molecular flexibility index (Phi) is 4.84. The third-order valence-electron chi connectivity index (χ3n) is 5.39. The van der Waals surface area contributed by atoms with Crippen molar-refractivity contribution in [2.24, 2.45) is 5.92 Å². The molecule has 1 heterocycles. The smallest absolute Gasteiger partial charge is 0.247 e. The molecule has 2 amide bonds. The number of carbonyl (C=O) groups is 2. The van der Waals surface area contributed by atoms with Crippen LogP contribution in [0, 0.1) is 5.92 Å². The molecule has 0 bridgehead atoms. The van der Waals surface area contributed by atoms with Crippen LogP contribution in [0.15, 0.2) is 48.5 Å². The number of ether oxygens (including phenoxy) is 1. The minimum absolute atomic E-state index is 0.0970. The summed E-state index contributed by atoms with van der Waals surface area (Å²) in [7, 11) is 1.62. The van der Waals surface area contributed by atoms with E-state index in [9.17, 15) is 9.59 Å². The zero-order valence-electron chi connectivity index (χ0n) is 15.5. The second kappa shape index (κ2) is 7.43. The summed E-state index contributed by atoms with van der Waals surface area (Å²) in [4.78, 5) is 27.7. The van der Waals surface area contributed by atoms with E-state index in [-0.39, 0.29) is 17.7 Å². The number of nitrogens with one attached hydrogen (secondary N) is 1. The second-order valence-electron chi connectivity index (χ2n) is 7.19. The number of amides is 2. The number of benzene rings is 2. The quantitative estimate of drug-likeness (QED) is 0.888. The fraction of sp³-hybridized carbons (Fsp3) is 0.364. The lowest BCUT2D eigenvalue weighted by Gasteiger charge is -2.36. The van der Waals surface area contributed by atoms with Crippen LogP contribution in [0.2, 0.25) is 0 Å². The van der Waals surface area contributed by atoms with Crippen molar-refractivity contribution < 1.29 is 14.3 Å². The molecule has 2 aromatic rings. The predicted molar refractivity (Wildman–Crippen MR) is 102 cm³/mol. The van der Waals surface area contributed by atoms with E-state index in [2.05, 4.69) is 11.4 Å². The number of methoxy groups -OCH3 is 1. The highest BCUT2D eigenvalue weighted by atomic mass is 16.5. The molecule has 1 saturated carbocycles. The Bertz CT molecular complexity index is 860. The lowest BCUT2D eigenvalue weighted by atomic mass is 9.91. The zero-order valence-corrected chi connectivity index (χ0v) is 15.5. The van der Waals surface area contributed by atoms with Gasteiger partial charge in [0.2, 0.25) is 11.8 Å². The molecule has 0 aromatic heterocycles. The number of fused-ring (bicyclic) bond motifs is 1. The molecule has 4 rings (SSSR count). The van der Waals surface area contributed by atoms with E-state index in [0.717, 1.165) is 41.7 Å². The Morgan fingerprint density at radius 3 is 2.63 bits per heavy atom. The maximum Gasteiger partial charge on any atom is 0.247 e. The summed E-state index contributed by atoms with van der Waals surface area (Å²) < 4.78 is 5.36. The molecule has 0 saturated heterocycles. The van der Waals surface area contributed by atoms with Gasteiger partial charge in [-0.25, -0.2) is 0 Å². The molecular weight excluding hydrogens is 340 g/mol. The van der Waals surface area contributed by atoms with Gasteiger partial charge < -0.3 is 15.0 Å². The van der Waals surface area contributed by atoms with E-state index in [1.165, 1.54) is 0 Å². The van der Waals surface area contributed by atoms with Gasteiger partial charge in [-0.1, -0.05) is 42.5 Å². The third kappa shape index (κ3) is 3.54. The molecule has 0 radical (unpaired) electrons. The van der Waals surface area contributed by atoms with E-state index in [0.29, 0.717) is 13.1 Å². The highest BCUT2D eigenvalue weighted by molar-refractivity contribution is 5.91. The zero-order chi connectivity index (χ0) is 18.8. The molecule has 5 heteroatoms. The number of nitrogens with zero attached hydrogens (tertiary/aromatic N) is 1. The van der Waals surface area contributed by atoms with Gasteiger partial charge in [-0.3, -0.25) is 9.59 Å². The fourth-order valence-corrected chi connectivity index (χ4v) is 3.78. The lowest BCUT2D eigenvalue weighted by molar-refractivity contribution is -0.142. The van der Waals surface area contributed by atoms with E-state index < -0.39 is 6.04 Å². The monoisotopic (exact) mass is 364 g/mol. The number of para-hydroxylation sites is 1. The van der Waals surface area contributed by atoms with Crippen LogP contribution in [0.1, 0.15) is 35.6 Å². The van der Waals surface area contributed by atoms with Crippen molar-refractivity contribution in [2.45, 2.75) is 31.8 Å². The van der Waals surface area contributed by atoms with Gasteiger partial charge in [-0.05, 0) is 36.5 Å². The van der Waals surface area contributed by atoms with Crippen LogP contribution in [-0.2, 0) is 22.6 Å². The normalized spacial score (nSPS) is 18.6. The molecule has 27 heavy (non-hydrogen) atoms. The Morgan fingerprint density at radius 1 is 1.11 bits per heavy atom. The van der Waals surface area contributed by atoms with E-state index >= 15 is 0 Å². The first kappa shape index (κ1) is 17.6. The van der Waals surface area contributed by atoms with Gasteiger partial charge in [0.05, 0.1) is 7.11 Å². The molecule has 2 aliphatic rings. The summed E-state index contributed by atoms with van der Waals surface area (Å²) in [6.45, 7) is 0.964. The van der Waals surface area contributed by atoms with Gasteiger partial charge in [0.25, 0.3) is 0 Å². The Hall–Kier alpha value is -2.82. The SMILES string of the molecule is COc1ccccc1CNC(=O)[C@H]1c2ccccc2CCN1C(=O)C1CC1. The lowest BCUT2D eigenvalue weighted by Crippen LogP contribution is -2.47. The molecule has 0 spiro atoms. The highest BCUT2D eigenvalue weighted by Gasteiger charge is 2.41. The van der Waals surface area contributed by atoms with Crippen molar-refractivity contribution >= 4 is 11.8 Å². The average molecular weight is 364 g/mol. The molecule has 1 aliphatic heterocycles. The average Bonchev–Trinajstić information content (AvgIpc) is 3.56. The largest absolute Gasteiger partial charge is 0.496 e. The van der Waals surface area contributed by atoms with Crippen LogP contribution >= 0.6 is 0 Å². The van der Waals surface area contributed by atoms with Gasteiger partial charge in [-0.2, -0.15) is 0 Å². The second-order valence-corrected chi connectivity index (χ2v) is 7.19. The summed E-state index contributed by atoms with van der Waals surface area (Å²) >= 11 is 0. The summed E-state index contributed by atoms with van der Waals surface area (Å²) in [6, 6.07) is 15.0. The maximum atomic E-state index is 13.1. The van der Waals surface area contributed by atoms with Crippen LogP contribution in [-0.4, -0.2) is 30.4 Å². The van der Waals surface area contributed by atoms with Gasteiger partial charge in [0.15, 0.2) is 0 Å². The molecule has 1 fully saturated rings. The van der Waals surface area contributed by atoms with Crippen molar-refractivity contribution in [2.75, 3.05) is 13.7 Å². The van der Waals surface area contributed by atoms with Crippen LogP contribution in [0.5, 0.6) is 5.75 Å².